The molecule has 0 spiro atoms. The largest absolute Gasteiger partial charge is 0.383 e. The number of hydrogen-bond acceptors (Lipinski definition) is 7. The molecule has 2 aliphatic rings. The molecular formula is C15H23N7O. The number of nitrogen functional groups attached to an aromatic ring is 2. The number of nitrogens with zero attached hydrogens (tertiary/aromatic N) is 5. The molecule has 2 aromatic heterocycles. The first-order valence-corrected chi connectivity index (χ1v) is 8.30. The van der Waals surface area contributed by atoms with E-state index in [1.165, 1.54) is 12.8 Å². The van der Waals surface area contributed by atoms with Crippen LogP contribution in [0.25, 0.3) is 11.0 Å². The summed E-state index contributed by atoms with van der Waals surface area (Å²) >= 11 is 0. The first-order valence-electron chi connectivity index (χ1n) is 8.30. The highest BCUT2D eigenvalue weighted by Crippen LogP contribution is 2.33. The molecule has 3 heterocycles. The van der Waals surface area contributed by atoms with Gasteiger partial charge < -0.3 is 16.2 Å². The van der Waals surface area contributed by atoms with Crippen LogP contribution in [0.1, 0.15) is 31.7 Å². The van der Waals surface area contributed by atoms with E-state index in [0.29, 0.717) is 17.9 Å². The van der Waals surface area contributed by atoms with Crippen LogP contribution in [0, 0.1) is 0 Å². The molecule has 0 radical (unpaired) electrons. The van der Waals surface area contributed by atoms with E-state index in [4.69, 9.17) is 16.2 Å². The maximum atomic E-state index is 5.92. The second-order valence-electron chi connectivity index (χ2n) is 6.40. The molecule has 0 atom stereocenters. The Balaban J connectivity index is 1.50. The number of hydrogen-bond donors (Lipinski definition) is 2. The van der Waals surface area contributed by atoms with Crippen molar-refractivity contribution in [3.63, 3.8) is 0 Å². The number of morpholine rings is 1. The van der Waals surface area contributed by atoms with Crippen LogP contribution >= 0.6 is 0 Å². The average molecular weight is 317 g/mol. The summed E-state index contributed by atoms with van der Waals surface area (Å²) in [6, 6.07) is 1.03. The van der Waals surface area contributed by atoms with Crippen LogP contribution in [0.4, 0.5) is 11.8 Å². The van der Waals surface area contributed by atoms with Gasteiger partial charge in [0, 0.05) is 19.1 Å². The summed E-state index contributed by atoms with van der Waals surface area (Å²) in [6.07, 6.45) is 6.31. The minimum absolute atomic E-state index is 0.207. The molecule has 1 aliphatic carbocycles. The zero-order valence-corrected chi connectivity index (χ0v) is 13.2. The number of ether oxygens (including phenoxy) is 1. The molecule has 23 heavy (non-hydrogen) atoms. The second kappa shape index (κ2) is 5.93. The van der Waals surface area contributed by atoms with Crippen molar-refractivity contribution >= 4 is 22.8 Å². The minimum atomic E-state index is 0.207. The van der Waals surface area contributed by atoms with Crippen molar-refractivity contribution in [1.29, 1.82) is 0 Å². The molecule has 8 heteroatoms. The molecule has 0 unspecified atom stereocenters. The van der Waals surface area contributed by atoms with E-state index < -0.39 is 0 Å². The number of aromatic nitrogens is 4. The molecule has 8 nitrogen and oxygen atoms in total. The van der Waals surface area contributed by atoms with E-state index >= 15 is 0 Å². The Morgan fingerprint density at radius 2 is 1.70 bits per heavy atom. The Morgan fingerprint density at radius 1 is 1.00 bits per heavy atom. The molecule has 124 valence electrons. The number of fused-ring (bicyclic) bond motifs is 1. The summed E-state index contributed by atoms with van der Waals surface area (Å²) in [4.78, 5) is 10.9. The Bertz CT molecular complexity index is 686. The van der Waals surface area contributed by atoms with Gasteiger partial charge in [-0.3, -0.25) is 4.90 Å². The number of nitrogens with two attached hydrogens (primary N) is 2. The smallest absolute Gasteiger partial charge is 0.224 e. The lowest BCUT2D eigenvalue weighted by molar-refractivity contribution is 0.00520. The molecular weight excluding hydrogens is 294 g/mol. The quantitative estimate of drug-likeness (QED) is 0.843. The van der Waals surface area contributed by atoms with Crippen LogP contribution in [-0.4, -0.2) is 57.0 Å². The normalized spacial score (nSPS) is 26.6. The molecule has 1 aliphatic heterocycles. The zero-order valence-electron chi connectivity index (χ0n) is 13.2. The van der Waals surface area contributed by atoms with Gasteiger partial charge in [0.15, 0.2) is 5.65 Å². The summed E-state index contributed by atoms with van der Waals surface area (Å²) in [6.45, 7) is 3.83. The molecule has 1 saturated heterocycles. The van der Waals surface area contributed by atoms with Crippen LogP contribution in [0.2, 0.25) is 0 Å². The third kappa shape index (κ3) is 2.72. The van der Waals surface area contributed by atoms with Gasteiger partial charge >= 0.3 is 0 Å². The highest BCUT2D eigenvalue weighted by molar-refractivity contribution is 5.86. The Morgan fingerprint density at radius 3 is 2.43 bits per heavy atom. The third-order valence-electron chi connectivity index (χ3n) is 5.07. The van der Waals surface area contributed by atoms with Gasteiger partial charge in [0.05, 0.1) is 30.8 Å². The van der Waals surface area contributed by atoms with Crippen molar-refractivity contribution in [2.24, 2.45) is 0 Å². The summed E-state index contributed by atoms with van der Waals surface area (Å²) in [5, 5.41) is 5.29. The standard InChI is InChI=1S/C15H23N7O/c16-13-12-9-18-22(14(12)20-15(17)19-13)11-3-1-10(2-4-11)21-5-7-23-8-6-21/h9-11H,1-8H2,(H4,16,17,19,20). The van der Waals surface area contributed by atoms with Gasteiger partial charge in [-0.15, -0.1) is 0 Å². The SMILES string of the molecule is Nc1nc(N)c2cnn(C3CCC(N4CCOCC4)CC3)c2n1. The van der Waals surface area contributed by atoms with Gasteiger partial charge in [0.1, 0.15) is 5.82 Å². The van der Waals surface area contributed by atoms with E-state index in [2.05, 4.69) is 20.0 Å². The van der Waals surface area contributed by atoms with Gasteiger partial charge in [0.25, 0.3) is 0 Å². The van der Waals surface area contributed by atoms with Gasteiger partial charge in [-0.2, -0.15) is 15.1 Å². The van der Waals surface area contributed by atoms with Crippen molar-refractivity contribution in [3.05, 3.63) is 6.20 Å². The molecule has 2 aromatic rings. The highest BCUT2D eigenvalue weighted by atomic mass is 16.5. The first-order chi connectivity index (χ1) is 11.2. The fraction of sp³-hybridized carbons (Fsp3) is 0.667. The minimum Gasteiger partial charge on any atom is -0.383 e. The zero-order chi connectivity index (χ0) is 15.8. The lowest BCUT2D eigenvalue weighted by Crippen LogP contribution is -2.45. The molecule has 0 bridgehead atoms. The lowest BCUT2D eigenvalue weighted by Gasteiger charge is -2.38. The van der Waals surface area contributed by atoms with E-state index in [9.17, 15) is 0 Å². The van der Waals surface area contributed by atoms with Crippen LogP contribution in [0.15, 0.2) is 6.20 Å². The maximum Gasteiger partial charge on any atom is 0.224 e. The summed E-state index contributed by atoms with van der Waals surface area (Å²) in [7, 11) is 0. The molecule has 1 saturated carbocycles. The van der Waals surface area contributed by atoms with Crippen molar-refractivity contribution in [1.82, 2.24) is 24.6 Å². The fourth-order valence-corrected chi connectivity index (χ4v) is 3.84. The summed E-state index contributed by atoms with van der Waals surface area (Å²) in [5.41, 5.74) is 12.4. The number of rotatable bonds is 2. The van der Waals surface area contributed by atoms with Gasteiger partial charge in [-0.05, 0) is 25.7 Å². The predicted molar refractivity (Wildman–Crippen MR) is 87.8 cm³/mol. The topological polar surface area (TPSA) is 108 Å². The van der Waals surface area contributed by atoms with Crippen LogP contribution in [0.3, 0.4) is 0 Å². The first kappa shape index (κ1) is 14.6. The monoisotopic (exact) mass is 317 g/mol. The summed E-state index contributed by atoms with van der Waals surface area (Å²) < 4.78 is 7.43. The van der Waals surface area contributed by atoms with Gasteiger partial charge in [0.2, 0.25) is 5.95 Å². The second-order valence-corrected chi connectivity index (χ2v) is 6.40. The molecule has 0 amide bonds. The lowest BCUT2D eigenvalue weighted by atomic mass is 9.90. The van der Waals surface area contributed by atoms with Crippen molar-refractivity contribution in [2.45, 2.75) is 37.8 Å². The van der Waals surface area contributed by atoms with Crippen LogP contribution in [0.5, 0.6) is 0 Å². The number of anilines is 2. The maximum absolute atomic E-state index is 5.92. The molecule has 0 aromatic carbocycles. The highest BCUT2D eigenvalue weighted by Gasteiger charge is 2.29. The van der Waals surface area contributed by atoms with E-state index in [0.717, 1.165) is 50.2 Å². The van der Waals surface area contributed by atoms with Crippen LogP contribution < -0.4 is 11.5 Å². The van der Waals surface area contributed by atoms with Crippen molar-refractivity contribution in [2.75, 3.05) is 37.8 Å². The Hall–Kier alpha value is -1.93. The Kier molecular flexibility index (Phi) is 3.78. The summed E-state index contributed by atoms with van der Waals surface area (Å²) in [5.74, 6) is 0.611. The Labute approximate surface area is 134 Å². The molecule has 4 N–H and O–H groups in total. The van der Waals surface area contributed by atoms with Crippen molar-refractivity contribution in [3.8, 4) is 0 Å². The third-order valence-corrected chi connectivity index (χ3v) is 5.07. The van der Waals surface area contributed by atoms with Crippen molar-refractivity contribution < 1.29 is 4.74 Å². The van der Waals surface area contributed by atoms with E-state index in [-0.39, 0.29) is 5.95 Å². The fourth-order valence-electron chi connectivity index (χ4n) is 3.84. The van der Waals surface area contributed by atoms with Crippen LogP contribution in [-0.2, 0) is 4.74 Å². The van der Waals surface area contributed by atoms with Gasteiger partial charge in [-0.1, -0.05) is 0 Å². The average Bonchev–Trinajstić information content (AvgIpc) is 3.00. The molecule has 4 rings (SSSR count). The molecule has 2 fully saturated rings. The van der Waals surface area contributed by atoms with E-state index in [1.54, 1.807) is 6.20 Å². The van der Waals surface area contributed by atoms with Gasteiger partial charge in [-0.25, -0.2) is 4.68 Å². The van der Waals surface area contributed by atoms with E-state index in [1.807, 2.05) is 4.68 Å². The predicted octanol–water partition coefficient (Wildman–Crippen LogP) is 0.807.